The molecule has 0 amide bonds. The highest BCUT2D eigenvalue weighted by molar-refractivity contribution is 7.80. The predicted octanol–water partition coefficient (Wildman–Crippen LogP) is 1.29. The molecule has 0 aliphatic heterocycles. The van der Waals surface area contributed by atoms with Crippen molar-refractivity contribution in [2.45, 2.75) is 32.7 Å². The highest BCUT2D eigenvalue weighted by Crippen LogP contribution is 2.01. The first-order valence-electron chi connectivity index (χ1n) is 4.57. The smallest absolute Gasteiger partial charge is 0.166 e. The minimum Gasteiger partial charge on any atom is -0.382 e. The molecular weight excluding hydrogens is 184 g/mol. The van der Waals surface area contributed by atoms with Gasteiger partial charge in [0.15, 0.2) is 5.11 Å². The van der Waals surface area contributed by atoms with Crippen LogP contribution in [0, 0.1) is 0 Å². The van der Waals surface area contributed by atoms with Gasteiger partial charge in [0.1, 0.15) is 0 Å². The van der Waals surface area contributed by atoms with E-state index >= 15 is 0 Å². The highest BCUT2D eigenvalue weighted by Gasteiger charge is 2.17. The maximum atomic E-state index is 5.10. The molecule has 13 heavy (non-hydrogen) atoms. The summed E-state index contributed by atoms with van der Waals surface area (Å²) in [4.78, 5) is 0. The number of hydrogen-bond donors (Lipinski definition) is 2. The van der Waals surface area contributed by atoms with E-state index in [9.17, 15) is 0 Å². The molecule has 0 atom stereocenters. The lowest BCUT2D eigenvalue weighted by atomic mass is 10.1. The summed E-state index contributed by atoms with van der Waals surface area (Å²) in [5.74, 6) is 0. The topological polar surface area (TPSA) is 33.3 Å². The Labute approximate surface area is 86.2 Å². The summed E-state index contributed by atoms with van der Waals surface area (Å²) in [6, 6.07) is 0. The zero-order valence-electron chi connectivity index (χ0n) is 8.94. The lowest BCUT2D eigenvalue weighted by Gasteiger charge is -2.27. The van der Waals surface area contributed by atoms with Crippen LogP contribution in [0.5, 0.6) is 0 Å². The predicted molar refractivity (Wildman–Crippen MR) is 60.0 cm³/mol. The molecule has 0 aromatic carbocycles. The maximum Gasteiger partial charge on any atom is 0.166 e. The Morgan fingerprint density at radius 2 is 2.08 bits per heavy atom. The minimum atomic E-state index is -0.105. The third kappa shape index (κ3) is 6.78. The molecule has 0 radical (unpaired) electrons. The van der Waals surface area contributed by atoms with Crippen molar-refractivity contribution >= 4 is 17.3 Å². The molecule has 0 unspecified atom stereocenters. The van der Waals surface area contributed by atoms with Crippen LogP contribution in [-0.2, 0) is 4.74 Å². The fraction of sp³-hybridized carbons (Fsp3) is 0.889. The van der Waals surface area contributed by atoms with Gasteiger partial charge >= 0.3 is 0 Å². The van der Waals surface area contributed by atoms with Crippen molar-refractivity contribution in [1.82, 2.24) is 10.6 Å². The SMILES string of the molecule is CCCNC(=S)NC(C)(C)COC. The van der Waals surface area contributed by atoms with Crippen LogP contribution >= 0.6 is 12.2 Å². The van der Waals surface area contributed by atoms with E-state index in [0.29, 0.717) is 11.7 Å². The molecule has 0 saturated heterocycles. The average molecular weight is 204 g/mol. The van der Waals surface area contributed by atoms with Crippen LogP contribution in [0.1, 0.15) is 27.2 Å². The highest BCUT2D eigenvalue weighted by atomic mass is 32.1. The number of ether oxygens (including phenoxy) is 1. The molecule has 3 nitrogen and oxygen atoms in total. The lowest BCUT2D eigenvalue weighted by molar-refractivity contribution is 0.139. The first-order valence-corrected chi connectivity index (χ1v) is 4.97. The van der Waals surface area contributed by atoms with Gasteiger partial charge in [0.25, 0.3) is 0 Å². The second kappa shape index (κ2) is 6.16. The number of thiocarbonyl (C=S) groups is 1. The summed E-state index contributed by atoms with van der Waals surface area (Å²) in [5, 5.41) is 7.00. The van der Waals surface area contributed by atoms with Gasteiger partial charge in [0, 0.05) is 13.7 Å². The third-order valence-electron chi connectivity index (χ3n) is 1.49. The summed E-state index contributed by atoms with van der Waals surface area (Å²) in [6.07, 6.45) is 1.08. The fourth-order valence-electron chi connectivity index (χ4n) is 0.987. The first-order chi connectivity index (χ1) is 6.02. The van der Waals surface area contributed by atoms with E-state index in [1.807, 2.05) is 0 Å². The second-order valence-electron chi connectivity index (χ2n) is 3.70. The Morgan fingerprint density at radius 1 is 1.46 bits per heavy atom. The molecule has 0 aromatic rings. The molecule has 0 heterocycles. The van der Waals surface area contributed by atoms with Crippen LogP contribution < -0.4 is 10.6 Å². The quantitative estimate of drug-likeness (QED) is 0.661. The molecule has 0 saturated carbocycles. The van der Waals surface area contributed by atoms with Crippen molar-refractivity contribution in [2.75, 3.05) is 20.3 Å². The molecule has 0 spiro atoms. The first kappa shape index (κ1) is 12.7. The molecular formula is C9H20N2OS. The minimum absolute atomic E-state index is 0.105. The van der Waals surface area contributed by atoms with Crippen molar-refractivity contribution < 1.29 is 4.74 Å². The zero-order chi connectivity index (χ0) is 10.3. The summed E-state index contributed by atoms with van der Waals surface area (Å²) < 4.78 is 5.06. The summed E-state index contributed by atoms with van der Waals surface area (Å²) in [6.45, 7) is 7.76. The average Bonchev–Trinajstić information content (AvgIpc) is 1.99. The van der Waals surface area contributed by atoms with Gasteiger partial charge in [0.05, 0.1) is 12.1 Å². The normalized spacial score (nSPS) is 11.1. The van der Waals surface area contributed by atoms with Gasteiger partial charge < -0.3 is 15.4 Å². The lowest BCUT2D eigenvalue weighted by Crippen LogP contribution is -2.50. The molecule has 0 bridgehead atoms. The fourth-order valence-corrected chi connectivity index (χ4v) is 1.37. The van der Waals surface area contributed by atoms with E-state index in [4.69, 9.17) is 17.0 Å². The Balaban J connectivity index is 3.75. The monoisotopic (exact) mass is 204 g/mol. The van der Waals surface area contributed by atoms with Crippen LogP contribution in [0.3, 0.4) is 0 Å². The van der Waals surface area contributed by atoms with Gasteiger partial charge in [0.2, 0.25) is 0 Å². The zero-order valence-corrected chi connectivity index (χ0v) is 9.75. The molecule has 0 rings (SSSR count). The van der Waals surface area contributed by atoms with Crippen molar-refractivity contribution in [3.05, 3.63) is 0 Å². The van der Waals surface area contributed by atoms with Gasteiger partial charge in [-0.1, -0.05) is 6.92 Å². The van der Waals surface area contributed by atoms with Crippen LogP contribution in [-0.4, -0.2) is 30.9 Å². The van der Waals surface area contributed by atoms with Crippen molar-refractivity contribution in [2.24, 2.45) is 0 Å². The van der Waals surface area contributed by atoms with Gasteiger partial charge in [-0.15, -0.1) is 0 Å². The Hall–Kier alpha value is -0.350. The van der Waals surface area contributed by atoms with E-state index in [-0.39, 0.29) is 5.54 Å². The van der Waals surface area contributed by atoms with Gasteiger partial charge in [-0.05, 0) is 32.5 Å². The van der Waals surface area contributed by atoms with E-state index in [0.717, 1.165) is 13.0 Å². The Morgan fingerprint density at radius 3 is 2.54 bits per heavy atom. The van der Waals surface area contributed by atoms with Crippen LogP contribution in [0.4, 0.5) is 0 Å². The molecule has 4 heteroatoms. The van der Waals surface area contributed by atoms with E-state index in [2.05, 4.69) is 31.4 Å². The molecule has 0 aromatic heterocycles. The molecule has 0 fully saturated rings. The number of hydrogen-bond acceptors (Lipinski definition) is 2. The summed E-state index contributed by atoms with van der Waals surface area (Å²) in [5.41, 5.74) is -0.105. The van der Waals surface area contributed by atoms with Gasteiger partial charge in [-0.2, -0.15) is 0 Å². The number of nitrogens with one attached hydrogen (secondary N) is 2. The maximum absolute atomic E-state index is 5.10. The Bertz CT molecular complexity index is 160. The van der Waals surface area contributed by atoms with Gasteiger partial charge in [-0.3, -0.25) is 0 Å². The molecule has 0 aliphatic carbocycles. The third-order valence-corrected chi connectivity index (χ3v) is 1.74. The summed E-state index contributed by atoms with van der Waals surface area (Å²) in [7, 11) is 1.69. The standard InChI is InChI=1S/C9H20N2OS/c1-5-6-10-8(13)11-9(2,3)7-12-4/h5-7H2,1-4H3,(H2,10,11,13). The molecule has 0 aliphatic rings. The van der Waals surface area contributed by atoms with E-state index in [1.54, 1.807) is 7.11 Å². The van der Waals surface area contributed by atoms with Crippen LogP contribution in [0.25, 0.3) is 0 Å². The van der Waals surface area contributed by atoms with Crippen LogP contribution in [0.15, 0.2) is 0 Å². The largest absolute Gasteiger partial charge is 0.382 e. The van der Waals surface area contributed by atoms with Crippen LogP contribution in [0.2, 0.25) is 0 Å². The molecule has 2 N–H and O–H groups in total. The summed E-state index contributed by atoms with van der Waals surface area (Å²) >= 11 is 5.10. The van der Waals surface area contributed by atoms with E-state index < -0.39 is 0 Å². The number of methoxy groups -OCH3 is 1. The van der Waals surface area contributed by atoms with Crippen molar-refractivity contribution in [1.29, 1.82) is 0 Å². The van der Waals surface area contributed by atoms with Crippen molar-refractivity contribution in [3.63, 3.8) is 0 Å². The van der Waals surface area contributed by atoms with Crippen molar-refractivity contribution in [3.8, 4) is 0 Å². The van der Waals surface area contributed by atoms with E-state index in [1.165, 1.54) is 0 Å². The number of rotatable bonds is 5. The second-order valence-corrected chi connectivity index (χ2v) is 4.11. The Kier molecular flexibility index (Phi) is 5.99. The molecule has 78 valence electrons. The van der Waals surface area contributed by atoms with Gasteiger partial charge in [-0.25, -0.2) is 0 Å².